The second-order valence-electron chi connectivity index (χ2n) is 25.3. The van der Waals surface area contributed by atoms with Gasteiger partial charge >= 0.3 is 18.1 Å². The number of benzene rings is 1. The first-order valence-corrected chi connectivity index (χ1v) is 36.8. The number of ether oxygens (including phenoxy) is 1. The highest BCUT2D eigenvalue weighted by atomic mass is 32.2. The zero-order valence-electron chi connectivity index (χ0n) is 61.3. The molecule has 101 heavy (non-hydrogen) atoms. The van der Waals surface area contributed by atoms with Gasteiger partial charge in [-0.25, -0.2) is 14.4 Å². The first kappa shape index (κ1) is 88.5. The first-order chi connectivity index (χ1) is 48.1. The van der Waals surface area contributed by atoms with Crippen LogP contribution >= 0.6 is 23.5 Å². The van der Waals surface area contributed by atoms with Crippen LogP contribution in [-0.2, 0) is 73.7 Å². The summed E-state index contributed by atoms with van der Waals surface area (Å²) >= 11 is 2.74. The number of rotatable bonds is 44. The molecule has 0 spiro atoms. The molecule has 8 atom stereocenters. The Kier molecular flexibility index (Phi) is 43.7. The molecule has 2 unspecified atom stereocenters. The van der Waals surface area contributed by atoms with Gasteiger partial charge in [-0.15, -0.1) is 0 Å². The predicted octanol–water partition coefficient (Wildman–Crippen LogP) is 2.47. The molecule has 0 radical (unpaired) electrons. The number of amides is 17. The van der Waals surface area contributed by atoms with Crippen molar-refractivity contribution in [3.05, 3.63) is 29.8 Å². The number of unbranched alkanes of at least 4 members (excludes halogenated alkanes) is 4. The van der Waals surface area contributed by atoms with Crippen LogP contribution in [0.25, 0.3) is 0 Å². The predicted molar refractivity (Wildman–Crippen MR) is 383 cm³/mol. The number of primary amides is 3. The maximum atomic E-state index is 13.3. The molecule has 2 saturated heterocycles. The average Bonchev–Trinajstić information content (AvgIpc) is 1.66. The van der Waals surface area contributed by atoms with E-state index in [1.54, 1.807) is 58.2 Å². The van der Waals surface area contributed by atoms with Gasteiger partial charge in [0.05, 0.1) is 16.5 Å². The third kappa shape index (κ3) is 36.1. The zero-order valence-corrected chi connectivity index (χ0v) is 61.9. The number of likely N-dealkylation sites (tertiary alicyclic amines) is 2. The topological polar surface area (TPSA) is 487 Å². The quantitative estimate of drug-likeness (QED) is 0.0253. The molecule has 0 saturated carbocycles. The second kappa shape index (κ2) is 49.9. The van der Waals surface area contributed by atoms with E-state index in [1.807, 2.05) is 27.0 Å². The number of thioether (sulfide) groups is 2. The van der Waals surface area contributed by atoms with E-state index in [-0.39, 0.29) is 145 Å². The lowest BCUT2D eigenvalue weighted by atomic mass is 9.92. The molecule has 0 bridgehead atoms. The van der Waals surface area contributed by atoms with E-state index < -0.39 is 72.5 Å². The largest absolute Gasteiger partial charge is 0.463 e. The van der Waals surface area contributed by atoms with E-state index >= 15 is 0 Å². The minimum absolute atomic E-state index is 0.0731. The van der Waals surface area contributed by atoms with Gasteiger partial charge in [-0.3, -0.25) is 72.1 Å². The fourth-order valence-corrected chi connectivity index (χ4v) is 11.9. The highest BCUT2D eigenvalue weighted by molar-refractivity contribution is 8.00. The van der Waals surface area contributed by atoms with Crippen LogP contribution in [-0.4, -0.2) is 198 Å². The molecule has 32 nitrogen and oxygen atoms in total. The molecule has 2 aliphatic rings. The minimum Gasteiger partial charge on any atom is -0.463 e. The minimum atomic E-state index is -1.16. The summed E-state index contributed by atoms with van der Waals surface area (Å²) in [6.45, 7) is 15.9. The summed E-state index contributed by atoms with van der Waals surface area (Å²) in [6.07, 6.45) is 9.78. The van der Waals surface area contributed by atoms with E-state index in [4.69, 9.17) is 18.6 Å². The van der Waals surface area contributed by atoms with Gasteiger partial charge in [-0.05, 0) is 126 Å². The van der Waals surface area contributed by atoms with Crippen LogP contribution in [0.15, 0.2) is 24.3 Å². The molecule has 1 aromatic rings. The number of hydrogen-bond donors (Lipinski definition) is 13. The smallest absolute Gasteiger partial charge is 0.312 e. The second-order valence-corrected chi connectivity index (χ2v) is 27.4. The fourth-order valence-electron chi connectivity index (χ4n) is 10.6. The van der Waals surface area contributed by atoms with Crippen molar-refractivity contribution in [3.8, 4) is 0 Å². The van der Waals surface area contributed by atoms with Gasteiger partial charge in [0, 0.05) is 77.1 Å². The lowest BCUT2D eigenvalue weighted by molar-refractivity contribution is -0.139. The van der Waals surface area contributed by atoms with Crippen LogP contribution in [0.2, 0.25) is 0 Å². The molecule has 3 rings (SSSR count). The van der Waals surface area contributed by atoms with Gasteiger partial charge in [0.2, 0.25) is 65.0 Å². The van der Waals surface area contributed by atoms with Crippen molar-refractivity contribution in [3.63, 3.8) is 0 Å². The maximum absolute atomic E-state index is 13.3. The molecule has 16 N–H and O–H groups in total. The Bertz CT molecular complexity index is 2970. The van der Waals surface area contributed by atoms with Crippen molar-refractivity contribution < 1.29 is 82.8 Å². The first-order valence-electron chi connectivity index (χ1n) is 34.7. The number of Topliss-reactive ketones (excluding diaryl/α,β-unsaturated/α-hetero) is 1. The van der Waals surface area contributed by atoms with Crippen molar-refractivity contribution >= 4 is 125 Å². The van der Waals surface area contributed by atoms with Gasteiger partial charge in [0.1, 0.15) is 30.8 Å². The van der Waals surface area contributed by atoms with Crippen LogP contribution in [0.1, 0.15) is 171 Å². The summed E-state index contributed by atoms with van der Waals surface area (Å²) < 4.78 is 11.5. The number of imide groups is 2. The monoisotopic (exact) mass is 1460 g/mol. The number of hydrogen-bond acceptors (Lipinski definition) is 19. The third-order valence-electron chi connectivity index (χ3n) is 16.4. The summed E-state index contributed by atoms with van der Waals surface area (Å²) in [6, 6.07) is 0.346. The molecular weight excluding hydrogens is 1350 g/mol. The van der Waals surface area contributed by atoms with Gasteiger partial charge in [0.25, 0.3) is 6.45 Å². The van der Waals surface area contributed by atoms with E-state index in [0.29, 0.717) is 95.1 Å². The number of carbonyl (C=O) groups is 16. The van der Waals surface area contributed by atoms with E-state index in [1.165, 1.54) is 47.3 Å². The highest BCUT2D eigenvalue weighted by Crippen LogP contribution is 2.25. The number of anilines is 1. The average molecular weight is 1460 g/mol. The summed E-state index contributed by atoms with van der Waals surface area (Å²) in [4.78, 5) is 195. The lowest BCUT2D eigenvalue weighted by Crippen LogP contribution is -2.55. The summed E-state index contributed by atoms with van der Waals surface area (Å²) in [5, 5.41) is 25.6. The number of nitrogens with zero attached hydrogens (tertiary/aromatic N) is 2. The van der Waals surface area contributed by atoms with Crippen molar-refractivity contribution in [1.29, 1.82) is 0 Å². The van der Waals surface area contributed by atoms with Crippen LogP contribution in [0.4, 0.5) is 20.1 Å². The van der Waals surface area contributed by atoms with Crippen LogP contribution in [0.3, 0.4) is 0 Å². The Morgan fingerprint density at radius 3 is 1.29 bits per heavy atom. The molecule has 1 aromatic carbocycles. The van der Waals surface area contributed by atoms with E-state index in [9.17, 15) is 76.7 Å². The standard InChI is InChI=1S/C30H44N6O8S.C23H40N6O6S.C14H27N3O3/c1-19(2)26(35-24(38)9-5-4-6-15-36-25(39)16-23(45-3)29(36)42)28(41)34-22(8-7-14-32-30(31)43)27(40)33-21-12-10-20(11-13-21)17-44-18-37;1-14(2)19(21(33)27-15(20(32)25-3)9-8-11-26-23(24)35)28-17(30)10-6-5-7-12-29-18(31)13-16(36-4)22(29)34;1-5-11(9(2)3)13(19)17-12(10(4)18)7-6-8-16-14(15)20/h10-13,18-19,22-23,26H,4-9,14-17H2,1-3H3,(H,33,40)(H,34,41)(H,35,38)(H3,31,32,43);14-16,19H,5-13H2,1-4H3,(H,25,32)(H,27,33)(H,28,30)(H3,24,26,35);9,11-12H,5-8H2,1-4H3,(H,17,19)(H3,15,16,20)/t22-,23?,26-;15-,16?,19-;11-,12-/m000/s1/i18D;;. The van der Waals surface area contributed by atoms with Crippen LogP contribution < -0.4 is 70.4 Å². The zero-order chi connectivity index (χ0) is 77.2. The molecule has 2 heterocycles. The number of carbonyl (C=O) groups excluding carboxylic acids is 16. The van der Waals surface area contributed by atoms with E-state index in [2.05, 4.69) is 57.9 Å². The lowest BCUT2D eigenvalue weighted by Gasteiger charge is -2.25. The Morgan fingerprint density at radius 1 is 0.554 bits per heavy atom. The van der Waals surface area contributed by atoms with Gasteiger partial charge in [-0.2, -0.15) is 23.5 Å². The molecule has 0 aromatic heterocycles. The molecular formula is C67H111N15O17S2. The number of likely N-dealkylation sites (N-methyl/N-ethyl adjacent to an activating group) is 1. The Balaban J connectivity index is 0.000000824. The van der Waals surface area contributed by atoms with Gasteiger partial charge < -0.3 is 75.1 Å². The Morgan fingerprint density at radius 2 is 0.950 bits per heavy atom. The molecule has 568 valence electrons. The number of ketones is 1. The van der Waals surface area contributed by atoms with Gasteiger partial charge in [-0.1, -0.05) is 73.4 Å². The van der Waals surface area contributed by atoms with Crippen molar-refractivity contribution in [2.45, 2.75) is 212 Å². The molecule has 0 aliphatic carbocycles. The third-order valence-corrected chi connectivity index (χ3v) is 18.3. The Labute approximate surface area is 602 Å². The van der Waals surface area contributed by atoms with Crippen LogP contribution in [0.5, 0.6) is 0 Å². The van der Waals surface area contributed by atoms with Gasteiger partial charge in [0.15, 0.2) is 7.15 Å². The van der Waals surface area contributed by atoms with Crippen molar-refractivity contribution in [2.75, 3.05) is 57.6 Å². The SMILES string of the molecule is CC[C@H](C(=O)N[C@@H](CCCNC(N)=O)C(C)=O)C(C)C.CNC(=O)[C@H](CCCNC(N)=O)NC(=O)[C@@H](NC(=O)CCCCCN1C(=O)CC(SC)C1=O)C(C)C.[2H]C(=O)OCc1ccc(NC(=O)[C@H](CCCNC(N)=O)NC(=O)[C@@H](NC(=O)CCCCCN2C(=O)CC(SC)C2=O)C(C)C)cc1. The normalized spacial score (nSPS) is 15.9. The molecule has 17 amide bonds. The maximum Gasteiger partial charge on any atom is 0.312 e. The van der Waals surface area contributed by atoms with Crippen molar-refractivity contribution in [1.82, 2.24) is 57.7 Å². The summed E-state index contributed by atoms with van der Waals surface area (Å²) in [5.41, 5.74) is 16.1. The van der Waals surface area contributed by atoms with E-state index in [0.717, 1.165) is 6.42 Å². The number of nitrogens with one attached hydrogen (secondary N) is 10. The molecule has 2 aliphatic heterocycles. The molecule has 34 heteroatoms. The highest BCUT2D eigenvalue weighted by Gasteiger charge is 2.39. The van der Waals surface area contributed by atoms with Crippen LogP contribution in [0, 0.1) is 23.7 Å². The summed E-state index contributed by atoms with van der Waals surface area (Å²) in [7, 11) is 1.46. The number of nitrogens with two attached hydrogens (primary N) is 3. The number of urea groups is 3. The molecule has 2 fully saturated rings. The van der Waals surface area contributed by atoms with Crippen molar-refractivity contribution in [2.24, 2.45) is 40.9 Å². The summed E-state index contributed by atoms with van der Waals surface area (Å²) in [5.74, 6) is -3.69. The fraction of sp³-hybridized carbons (Fsp3) is 0.672. The Hall–Kier alpha value is -8.56.